The van der Waals surface area contributed by atoms with Gasteiger partial charge in [0.05, 0.1) is 6.42 Å². The Morgan fingerprint density at radius 1 is 1.41 bits per heavy atom. The first-order chi connectivity index (χ1) is 8.19. The van der Waals surface area contributed by atoms with Crippen LogP contribution in [0.2, 0.25) is 0 Å². The van der Waals surface area contributed by atoms with Gasteiger partial charge in [-0.3, -0.25) is 10.0 Å². The molecule has 0 saturated heterocycles. The van der Waals surface area contributed by atoms with Gasteiger partial charge < -0.3 is 4.52 Å². The van der Waals surface area contributed by atoms with E-state index in [1.54, 1.807) is 0 Å². The van der Waals surface area contributed by atoms with Gasteiger partial charge in [-0.1, -0.05) is 21.1 Å². The molecule has 1 aromatic heterocycles. The highest BCUT2D eigenvalue weighted by molar-refractivity contribution is 9.10. The molecule has 0 aliphatic carbocycles. The third-order valence-electron chi connectivity index (χ3n) is 2.00. The standard InChI is InChI=1S/C10H8BrN3O3/c11-7-3-1-6(2-4-7)10-12-8(14-17-10)5-9(15)13-16/h1-4,16H,5H2,(H,13,15). The van der Waals surface area contributed by atoms with Gasteiger partial charge in [-0.25, -0.2) is 5.48 Å². The minimum atomic E-state index is -0.590. The molecule has 2 rings (SSSR count). The summed E-state index contributed by atoms with van der Waals surface area (Å²) >= 11 is 3.32. The Morgan fingerprint density at radius 2 is 2.12 bits per heavy atom. The van der Waals surface area contributed by atoms with Crippen LogP contribution < -0.4 is 5.48 Å². The van der Waals surface area contributed by atoms with E-state index in [2.05, 4.69) is 26.1 Å². The van der Waals surface area contributed by atoms with Gasteiger partial charge in [-0.2, -0.15) is 4.98 Å². The maximum absolute atomic E-state index is 10.9. The third-order valence-corrected chi connectivity index (χ3v) is 2.53. The molecule has 0 spiro atoms. The minimum absolute atomic E-state index is 0.128. The SMILES string of the molecule is O=C(Cc1noc(-c2ccc(Br)cc2)n1)NO. The number of nitrogens with zero attached hydrogens (tertiary/aromatic N) is 2. The molecule has 0 radical (unpaired) electrons. The van der Waals surface area contributed by atoms with E-state index in [9.17, 15) is 4.79 Å². The first kappa shape index (κ1) is 11.7. The Bertz CT molecular complexity index is 524. The largest absolute Gasteiger partial charge is 0.334 e. The fraction of sp³-hybridized carbons (Fsp3) is 0.100. The number of halogens is 1. The summed E-state index contributed by atoms with van der Waals surface area (Å²) in [7, 11) is 0. The van der Waals surface area contributed by atoms with E-state index < -0.39 is 5.91 Å². The number of carbonyl (C=O) groups is 1. The molecule has 7 heteroatoms. The molecule has 1 amide bonds. The molecule has 1 heterocycles. The zero-order valence-electron chi connectivity index (χ0n) is 8.55. The van der Waals surface area contributed by atoms with Crippen molar-refractivity contribution in [3.63, 3.8) is 0 Å². The Labute approximate surface area is 105 Å². The topological polar surface area (TPSA) is 88.2 Å². The van der Waals surface area contributed by atoms with E-state index in [0.717, 1.165) is 10.0 Å². The van der Waals surface area contributed by atoms with Crippen molar-refractivity contribution in [2.24, 2.45) is 0 Å². The average molecular weight is 298 g/mol. The summed E-state index contributed by atoms with van der Waals surface area (Å²) in [5.41, 5.74) is 2.26. The normalized spacial score (nSPS) is 10.2. The van der Waals surface area contributed by atoms with Gasteiger partial charge in [0.15, 0.2) is 5.82 Å². The number of hydrogen-bond donors (Lipinski definition) is 2. The highest BCUT2D eigenvalue weighted by Crippen LogP contribution is 2.19. The second-order valence-corrected chi connectivity index (χ2v) is 4.15. The minimum Gasteiger partial charge on any atom is -0.334 e. The molecular weight excluding hydrogens is 290 g/mol. The summed E-state index contributed by atoms with van der Waals surface area (Å²) < 4.78 is 5.94. The fourth-order valence-corrected chi connectivity index (χ4v) is 1.48. The quantitative estimate of drug-likeness (QED) is 0.663. The van der Waals surface area contributed by atoms with Crippen molar-refractivity contribution in [2.45, 2.75) is 6.42 Å². The van der Waals surface area contributed by atoms with Gasteiger partial charge in [0.25, 0.3) is 11.8 Å². The van der Waals surface area contributed by atoms with Gasteiger partial charge >= 0.3 is 0 Å². The van der Waals surface area contributed by atoms with Crippen LogP contribution in [-0.2, 0) is 11.2 Å². The third kappa shape index (κ3) is 2.89. The van der Waals surface area contributed by atoms with Crippen LogP contribution in [0.3, 0.4) is 0 Å². The number of hydrogen-bond acceptors (Lipinski definition) is 5. The van der Waals surface area contributed by atoms with Crippen LogP contribution in [0.4, 0.5) is 0 Å². The molecule has 6 nitrogen and oxygen atoms in total. The van der Waals surface area contributed by atoms with Crippen LogP contribution in [0, 0.1) is 0 Å². The lowest BCUT2D eigenvalue weighted by Gasteiger charge is -1.93. The number of amides is 1. The predicted octanol–water partition coefficient (Wildman–Crippen LogP) is 1.55. The molecular formula is C10H8BrN3O3. The molecule has 0 saturated carbocycles. The number of aromatic nitrogens is 2. The van der Waals surface area contributed by atoms with Crippen molar-refractivity contribution in [1.29, 1.82) is 0 Å². The van der Waals surface area contributed by atoms with Gasteiger partial charge in [0.1, 0.15) is 0 Å². The maximum atomic E-state index is 10.9. The van der Waals surface area contributed by atoms with Gasteiger partial charge in [-0.15, -0.1) is 0 Å². The monoisotopic (exact) mass is 297 g/mol. The number of benzene rings is 1. The highest BCUT2D eigenvalue weighted by Gasteiger charge is 2.11. The molecule has 88 valence electrons. The molecule has 0 bridgehead atoms. The lowest BCUT2D eigenvalue weighted by Crippen LogP contribution is -2.21. The molecule has 0 aliphatic rings. The molecule has 0 fully saturated rings. The smallest absolute Gasteiger partial charge is 0.257 e. The van der Waals surface area contributed by atoms with Crippen LogP contribution in [0.25, 0.3) is 11.5 Å². The second-order valence-electron chi connectivity index (χ2n) is 3.23. The Balaban J connectivity index is 2.18. The molecule has 1 aromatic carbocycles. The number of carbonyl (C=O) groups excluding carboxylic acids is 1. The zero-order valence-corrected chi connectivity index (χ0v) is 10.1. The summed E-state index contributed by atoms with van der Waals surface area (Å²) in [6.07, 6.45) is -0.128. The van der Waals surface area contributed by atoms with Gasteiger partial charge in [0.2, 0.25) is 0 Å². The first-order valence-electron chi connectivity index (χ1n) is 4.70. The van der Waals surface area contributed by atoms with E-state index in [0.29, 0.717) is 5.89 Å². The van der Waals surface area contributed by atoms with Crippen LogP contribution >= 0.6 is 15.9 Å². The summed E-state index contributed by atoms with van der Waals surface area (Å²) in [6, 6.07) is 7.32. The number of hydroxylamine groups is 1. The summed E-state index contributed by atoms with van der Waals surface area (Å²) in [4.78, 5) is 14.9. The van der Waals surface area contributed by atoms with E-state index in [-0.39, 0.29) is 12.2 Å². The highest BCUT2D eigenvalue weighted by atomic mass is 79.9. The van der Waals surface area contributed by atoms with E-state index in [1.165, 1.54) is 5.48 Å². The van der Waals surface area contributed by atoms with Crippen molar-refractivity contribution >= 4 is 21.8 Å². The van der Waals surface area contributed by atoms with Crippen LogP contribution in [-0.4, -0.2) is 21.3 Å². The van der Waals surface area contributed by atoms with E-state index in [1.807, 2.05) is 24.3 Å². The molecule has 2 N–H and O–H groups in total. The van der Waals surface area contributed by atoms with Crippen LogP contribution in [0.5, 0.6) is 0 Å². The van der Waals surface area contributed by atoms with Crippen LogP contribution in [0.1, 0.15) is 5.82 Å². The first-order valence-corrected chi connectivity index (χ1v) is 5.50. The van der Waals surface area contributed by atoms with Crippen molar-refractivity contribution in [2.75, 3.05) is 0 Å². The molecule has 0 aliphatic heterocycles. The average Bonchev–Trinajstić information content (AvgIpc) is 2.78. The summed E-state index contributed by atoms with van der Waals surface area (Å²) in [5, 5.41) is 12.0. The Hall–Kier alpha value is -1.73. The maximum Gasteiger partial charge on any atom is 0.257 e. The fourth-order valence-electron chi connectivity index (χ4n) is 1.22. The number of rotatable bonds is 3. The molecule has 17 heavy (non-hydrogen) atoms. The van der Waals surface area contributed by atoms with Crippen molar-refractivity contribution < 1.29 is 14.5 Å². The Kier molecular flexibility index (Phi) is 3.50. The van der Waals surface area contributed by atoms with Crippen molar-refractivity contribution in [1.82, 2.24) is 15.6 Å². The summed E-state index contributed by atoms with van der Waals surface area (Å²) in [5.74, 6) is -0.0409. The lowest BCUT2D eigenvalue weighted by molar-refractivity contribution is -0.128. The van der Waals surface area contributed by atoms with Crippen molar-refractivity contribution in [3.05, 3.63) is 34.6 Å². The predicted molar refractivity (Wildman–Crippen MR) is 61.1 cm³/mol. The van der Waals surface area contributed by atoms with Crippen LogP contribution in [0.15, 0.2) is 33.3 Å². The number of nitrogens with one attached hydrogen (secondary N) is 1. The molecule has 0 atom stereocenters. The van der Waals surface area contributed by atoms with E-state index in [4.69, 9.17) is 9.73 Å². The molecule has 2 aromatic rings. The second kappa shape index (κ2) is 5.07. The summed E-state index contributed by atoms with van der Waals surface area (Å²) in [6.45, 7) is 0. The molecule has 0 unspecified atom stereocenters. The zero-order chi connectivity index (χ0) is 12.3. The van der Waals surface area contributed by atoms with Crippen molar-refractivity contribution in [3.8, 4) is 11.5 Å². The van der Waals surface area contributed by atoms with Gasteiger partial charge in [-0.05, 0) is 24.3 Å². The Morgan fingerprint density at radius 3 is 2.76 bits per heavy atom. The van der Waals surface area contributed by atoms with Gasteiger partial charge in [0, 0.05) is 10.0 Å². The lowest BCUT2D eigenvalue weighted by atomic mass is 10.2. The van der Waals surface area contributed by atoms with E-state index >= 15 is 0 Å².